The minimum Gasteiger partial charge on any atom is -0.486 e. The third-order valence-electron chi connectivity index (χ3n) is 4.18. The second-order valence-corrected chi connectivity index (χ2v) is 6.19. The number of pyridine rings is 1. The molecule has 1 aromatic rings. The highest BCUT2D eigenvalue weighted by Crippen LogP contribution is 2.24. The molecule has 2 atom stereocenters. The Balaban J connectivity index is 2.11. The van der Waals surface area contributed by atoms with E-state index in [0.717, 1.165) is 0 Å². The van der Waals surface area contributed by atoms with E-state index in [9.17, 15) is 9.59 Å². The van der Waals surface area contributed by atoms with E-state index in [0.29, 0.717) is 30.2 Å². The lowest BCUT2D eigenvalue weighted by atomic mass is 10.0. The minimum absolute atomic E-state index is 0.156. The first kappa shape index (κ1) is 21.3. The number of hydrogen-bond acceptors (Lipinski definition) is 9. The summed E-state index contributed by atoms with van der Waals surface area (Å²) in [5, 5.41) is 11.4. The molecule has 7 N–H and O–H groups in total. The molecule has 2 heterocycles. The quantitative estimate of drug-likeness (QED) is 0.305. The average Bonchev–Trinajstić information content (AvgIpc) is 2.69. The van der Waals surface area contributed by atoms with Gasteiger partial charge in [-0.05, 0) is 19.1 Å². The number of alkyl carbamates (subject to hydrolysis) is 1. The molecule has 1 fully saturated rings. The van der Waals surface area contributed by atoms with E-state index in [4.69, 9.17) is 30.9 Å². The molecule has 0 saturated carbocycles. The number of nitrogens with zero attached hydrogens (tertiary/aromatic N) is 1. The molecule has 11 nitrogen and oxygen atoms in total. The zero-order valence-corrected chi connectivity index (χ0v) is 15.7. The Hall–Kier alpha value is -3.05. The summed E-state index contributed by atoms with van der Waals surface area (Å²) < 4.78 is 16.1. The van der Waals surface area contributed by atoms with Crippen LogP contribution in [0.4, 0.5) is 4.79 Å². The van der Waals surface area contributed by atoms with Gasteiger partial charge in [-0.1, -0.05) is 0 Å². The van der Waals surface area contributed by atoms with Crippen molar-refractivity contribution < 1.29 is 28.9 Å². The normalized spacial score (nSPS) is 20.0. The van der Waals surface area contributed by atoms with Crippen LogP contribution in [-0.4, -0.2) is 55.1 Å². The lowest BCUT2D eigenvalue weighted by Gasteiger charge is -2.27. The number of rotatable bonds is 7. The standard InChI is InChI=1S/C17H25N5O6/c1-9-14(28-11-5-10(16(23)24)6-26-7-11)4-3-12(21-9)15(18)13(22-19)8-27-17(25)20-2/h3-4,10-11,22H,5-8,18-19H2,1-2H3,(H,20,25)(H,23,24)/b15-13-. The maximum absolute atomic E-state index is 11.2. The van der Waals surface area contributed by atoms with E-state index in [2.05, 4.69) is 15.7 Å². The lowest BCUT2D eigenvalue weighted by molar-refractivity contribution is -0.149. The van der Waals surface area contributed by atoms with Crippen LogP contribution in [0.25, 0.3) is 5.70 Å². The Morgan fingerprint density at radius 2 is 2.14 bits per heavy atom. The van der Waals surface area contributed by atoms with Crippen LogP contribution in [-0.2, 0) is 14.3 Å². The van der Waals surface area contributed by atoms with Crippen molar-refractivity contribution in [3.8, 4) is 5.75 Å². The molecule has 154 valence electrons. The van der Waals surface area contributed by atoms with E-state index in [1.54, 1.807) is 19.1 Å². The van der Waals surface area contributed by atoms with Gasteiger partial charge < -0.3 is 35.8 Å². The van der Waals surface area contributed by atoms with Gasteiger partial charge in [-0.2, -0.15) is 0 Å². The van der Waals surface area contributed by atoms with Gasteiger partial charge in [0.25, 0.3) is 0 Å². The fraction of sp³-hybridized carbons (Fsp3) is 0.471. The van der Waals surface area contributed by atoms with E-state index >= 15 is 0 Å². The third kappa shape index (κ3) is 5.47. The van der Waals surface area contributed by atoms with Gasteiger partial charge in [0.05, 0.1) is 41.9 Å². The first-order valence-electron chi connectivity index (χ1n) is 8.60. The van der Waals surface area contributed by atoms with Gasteiger partial charge in [0.2, 0.25) is 0 Å². The number of aliphatic carboxylic acids is 1. The second kappa shape index (κ2) is 9.76. The number of ether oxygens (including phenoxy) is 3. The first-order valence-corrected chi connectivity index (χ1v) is 8.60. The summed E-state index contributed by atoms with van der Waals surface area (Å²) in [5.41, 5.74) is 9.95. The zero-order chi connectivity index (χ0) is 20.7. The van der Waals surface area contributed by atoms with Gasteiger partial charge in [-0.3, -0.25) is 10.6 Å². The van der Waals surface area contributed by atoms with Gasteiger partial charge >= 0.3 is 12.1 Å². The van der Waals surface area contributed by atoms with Gasteiger partial charge in [0, 0.05) is 13.5 Å². The Kier molecular flexibility index (Phi) is 7.41. The molecule has 1 aromatic heterocycles. The predicted molar refractivity (Wildman–Crippen MR) is 98.8 cm³/mol. The number of aromatic nitrogens is 1. The summed E-state index contributed by atoms with van der Waals surface area (Å²) in [5.74, 6) is 4.45. The van der Waals surface area contributed by atoms with Gasteiger partial charge in [-0.25, -0.2) is 9.78 Å². The molecule has 2 rings (SSSR count). The summed E-state index contributed by atoms with van der Waals surface area (Å²) in [6.45, 7) is 2.07. The topological polar surface area (TPSA) is 171 Å². The predicted octanol–water partition coefficient (Wildman–Crippen LogP) is -0.295. The Morgan fingerprint density at radius 3 is 2.75 bits per heavy atom. The fourth-order valence-corrected chi connectivity index (χ4v) is 2.61. The van der Waals surface area contributed by atoms with Crippen molar-refractivity contribution >= 4 is 17.8 Å². The molecule has 11 heteroatoms. The van der Waals surface area contributed by atoms with Crippen LogP contribution in [0, 0.1) is 12.8 Å². The van der Waals surface area contributed by atoms with E-state index in [1.165, 1.54) is 7.05 Å². The zero-order valence-electron chi connectivity index (χ0n) is 15.7. The Bertz CT molecular complexity index is 754. The van der Waals surface area contributed by atoms with E-state index < -0.39 is 18.0 Å². The third-order valence-corrected chi connectivity index (χ3v) is 4.18. The van der Waals surface area contributed by atoms with Gasteiger partial charge in [0.1, 0.15) is 18.5 Å². The molecule has 1 aliphatic rings. The number of carboxylic acids is 1. The van der Waals surface area contributed by atoms with Crippen LogP contribution < -0.4 is 27.1 Å². The van der Waals surface area contributed by atoms with Crippen molar-refractivity contribution in [2.75, 3.05) is 26.9 Å². The summed E-state index contributed by atoms with van der Waals surface area (Å²) in [6.07, 6.45) is -0.643. The van der Waals surface area contributed by atoms with Crippen LogP contribution >= 0.6 is 0 Å². The molecule has 0 aromatic carbocycles. The number of carbonyl (C=O) groups is 2. The largest absolute Gasteiger partial charge is 0.486 e. The van der Waals surface area contributed by atoms with E-state index in [1.807, 2.05) is 0 Å². The minimum atomic E-state index is -0.905. The number of nitrogens with two attached hydrogens (primary N) is 2. The number of carbonyl (C=O) groups excluding carboxylic acids is 1. The molecule has 28 heavy (non-hydrogen) atoms. The smallest absolute Gasteiger partial charge is 0.407 e. The van der Waals surface area contributed by atoms with Crippen molar-refractivity contribution in [3.63, 3.8) is 0 Å². The van der Waals surface area contributed by atoms with Crippen molar-refractivity contribution in [2.24, 2.45) is 17.5 Å². The van der Waals surface area contributed by atoms with Crippen LogP contribution in [0.2, 0.25) is 0 Å². The Morgan fingerprint density at radius 1 is 1.39 bits per heavy atom. The molecule has 2 unspecified atom stereocenters. The summed E-state index contributed by atoms with van der Waals surface area (Å²) >= 11 is 0. The fourth-order valence-electron chi connectivity index (χ4n) is 2.61. The van der Waals surface area contributed by atoms with Crippen LogP contribution in [0.1, 0.15) is 17.8 Å². The summed E-state index contributed by atoms with van der Waals surface area (Å²) in [6, 6.07) is 3.32. The summed E-state index contributed by atoms with van der Waals surface area (Å²) in [7, 11) is 1.44. The van der Waals surface area contributed by atoms with Crippen LogP contribution in [0.5, 0.6) is 5.75 Å². The number of hydrazine groups is 1. The Labute approximate surface area is 162 Å². The molecular formula is C17H25N5O6. The molecule has 0 radical (unpaired) electrons. The lowest BCUT2D eigenvalue weighted by Crippen LogP contribution is -2.37. The van der Waals surface area contributed by atoms with Crippen molar-refractivity contribution in [1.82, 2.24) is 15.7 Å². The number of carboxylic acid groups (broad SMARTS) is 1. The molecule has 0 bridgehead atoms. The highest BCUT2D eigenvalue weighted by atomic mass is 16.5. The number of amides is 1. The first-order chi connectivity index (χ1) is 13.3. The van der Waals surface area contributed by atoms with Crippen LogP contribution in [0.15, 0.2) is 17.8 Å². The van der Waals surface area contributed by atoms with Crippen molar-refractivity contribution in [1.29, 1.82) is 0 Å². The molecule has 0 aliphatic carbocycles. The summed E-state index contributed by atoms with van der Waals surface area (Å²) in [4.78, 5) is 26.7. The second-order valence-electron chi connectivity index (χ2n) is 6.19. The van der Waals surface area contributed by atoms with Gasteiger partial charge in [0.15, 0.2) is 0 Å². The SMILES string of the molecule is CNC(=O)OC/C(NN)=C(/N)c1ccc(OC2COCC(C(=O)O)C2)c(C)n1. The van der Waals surface area contributed by atoms with Crippen molar-refractivity contribution in [2.45, 2.75) is 19.4 Å². The maximum Gasteiger partial charge on any atom is 0.407 e. The highest BCUT2D eigenvalue weighted by Gasteiger charge is 2.29. The number of aryl methyl sites for hydroxylation is 1. The molecule has 1 saturated heterocycles. The number of nitrogens with one attached hydrogen (secondary N) is 2. The average molecular weight is 395 g/mol. The van der Waals surface area contributed by atoms with Crippen LogP contribution in [0.3, 0.4) is 0 Å². The van der Waals surface area contributed by atoms with E-state index in [-0.39, 0.29) is 30.7 Å². The molecular weight excluding hydrogens is 370 g/mol. The van der Waals surface area contributed by atoms with Crippen molar-refractivity contribution in [3.05, 3.63) is 29.2 Å². The molecule has 1 amide bonds. The number of hydrogen-bond donors (Lipinski definition) is 5. The highest BCUT2D eigenvalue weighted by molar-refractivity contribution is 5.70. The molecule has 0 spiro atoms. The molecule has 1 aliphatic heterocycles. The monoisotopic (exact) mass is 395 g/mol. The van der Waals surface area contributed by atoms with Gasteiger partial charge in [-0.15, -0.1) is 0 Å². The maximum atomic E-state index is 11.2.